The predicted molar refractivity (Wildman–Crippen MR) is 120 cm³/mol. The largest absolute Gasteiger partial charge is 0.480 e. The number of aromatic nitrogens is 4. The zero-order chi connectivity index (χ0) is 21.8. The second-order valence-corrected chi connectivity index (χ2v) is 7.61. The van der Waals surface area contributed by atoms with Crippen LogP contribution in [0.3, 0.4) is 0 Å². The summed E-state index contributed by atoms with van der Waals surface area (Å²) in [5, 5.41) is 23.5. The normalized spacial score (nSPS) is 12.9. The van der Waals surface area contributed by atoms with Crippen molar-refractivity contribution in [3.05, 3.63) is 58.4 Å². The first kappa shape index (κ1) is 21.5. The maximum absolute atomic E-state index is 11.9. The molecule has 0 bridgehead atoms. The molecule has 30 heavy (non-hydrogen) atoms. The summed E-state index contributed by atoms with van der Waals surface area (Å²) in [5.41, 5.74) is 4.69. The Labute approximate surface area is 180 Å². The average Bonchev–Trinajstić information content (AvgIpc) is 3.14. The number of hydrogen-bond acceptors (Lipinski definition) is 6. The number of benzene rings is 2. The number of rotatable bonds is 8. The highest BCUT2D eigenvalue weighted by Gasteiger charge is 2.28. The van der Waals surface area contributed by atoms with Crippen LogP contribution in [0.4, 0.5) is 11.4 Å². The van der Waals surface area contributed by atoms with Crippen LogP contribution in [0.25, 0.3) is 5.69 Å². The maximum Gasteiger partial charge on any atom is 0.326 e. The van der Waals surface area contributed by atoms with E-state index in [9.17, 15) is 9.90 Å². The van der Waals surface area contributed by atoms with Gasteiger partial charge in [-0.3, -0.25) is 0 Å². The molecule has 3 aromatic rings. The Morgan fingerprint density at radius 3 is 2.67 bits per heavy atom. The van der Waals surface area contributed by atoms with Crippen molar-refractivity contribution in [1.29, 1.82) is 0 Å². The lowest BCUT2D eigenvalue weighted by Gasteiger charge is -2.38. The minimum atomic E-state index is -0.876. The minimum Gasteiger partial charge on any atom is -0.480 e. The third kappa shape index (κ3) is 4.51. The van der Waals surface area contributed by atoms with Crippen LogP contribution in [0.2, 0.25) is 0 Å². The number of nitrogens with zero attached hydrogens (tertiary/aromatic N) is 4. The van der Waals surface area contributed by atoms with E-state index in [1.165, 1.54) is 0 Å². The molecule has 0 aliphatic carbocycles. The Kier molecular flexibility index (Phi) is 6.51. The van der Waals surface area contributed by atoms with Crippen molar-refractivity contribution >= 4 is 29.6 Å². The molecule has 2 unspecified atom stereocenters. The molecule has 3 N–H and O–H groups in total. The molecule has 0 aliphatic rings. The van der Waals surface area contributed by atoms with Crippen LogP contribution in [0.1, 0.15) is 31.4 Å². The molecule has 0 fully saturated rings. The number of anilines is 2. The number of H-pyrrole nitrogens is 1. The first-order valence-electron chi connectivity index (χ1n) is 9.77. The molecular weight excluding hydrogens is 400 g/mol. The van der Waals surface area contributed by atoms with Crippen molar-refractivity contribution in [2.24, 2.45) is 0 Å². The van der Waals surface area contributed by atoms with E-state index < -0.39 is 12.0 Å². The van der Waals surface area contributed by atoms with Gasteiger partial charge in [-0.05, 0) is 69.2 Å². The summed E-state index contributed by atoms with van der Waals surface area (Å²) in [6.07, 6.45) is 0.459. The van der Waals surface area contributed by atoms with Gasteiger partial charge in [-0.25, -0.2) is 9.48 Å². The van der Waals surface area contributed by atoms with E-state index in [0.29, 0.717) is 11.2 Å². The molecule has 1 heterocycles. The van der Waals surface area contributed by atoms with Crippen LogP contribution in [0.5, 0.6) is 0 Å². The lowest BCUT2D eigenvalue weighted by molar-refractivity contribution is -0.138. The molecule has 0 radical (unpaired) electrons. The number of carboxylic acids is 1. The van der Waals surface area contributed by atoms with E-state index in [1.807, 2.05) is 62.1 Å². The van der Waals surface area contributed by atoms with E-state index in [0.717, 1.165) is 28.2 Å². The van der Waals surface area contributed by atoms with Crippen LogP contribution >= 0.6 is 12.2 Å². The fourth-order valence-corrected chi connectivity index (χ4v) is 3.71. The van der Waals surface area contributed by atoms with Gasteiger partial charge < -0.3 is 15.3 Å². The molecule has 0 spiro atoms. The molecule has 9 heteroatoms. The van der Waals surface area contributed by atoms with Crippen molar-refractivity contribution < 1.29 is 9.90 Å². The molecule has 2 atom stereocenters. The fraction of sp³-hybridized carbons (Fsp3) is 0.333. The van der Waals surface area contributed by atoms with Crippen LogP contribution in [-0.2, 0) is 4.79 Å². The van der Waals surface area contributed by atoms with Gasteiger partial charge in [0.1, 0.15) is 6.04 Å². The molecule has 1 aromatic heterocycles. The Morgan fingerprint density at radius 1 is 1.30 bits per heavy atom. The standard InChI is InChI=1S/C21H26N6O2S/c1-5-19(22-16-7-6-8-17(12-16)27-21(30)23-24-25-27)26(15(4)20(28)29)18-10-9-13(2)11-14(18)3/h6-12,15,19,22H,5H2,1-4H3,(H,28,29)(H,23,25,30). The molecule has 0 saturated heterocycles. The Balaban J connectivity index is 1.98. The van der Waals surface area contributed by atoms with Crippen molar-refractivity contribution in [1.82, 2.24) is 20.2 Å². The second-order valence-electron chi connectivity index (χ2n) is 7.25. The van der Waals surface area contributed by atoms with Crippen LogP contribution in [0.15, 0.2) is 42.5 Å². The average molecular weight is 427 g/mol. The zero-order valence-corrected chi connectivity index (χ0v) is 18.3. The highest BCUT2D eigenvalue weighted by atomic mass is 32.1. The summed E-state index contributed by atoms with van der Waals surface area (Å²) < 4.78 is 1.93. The number of aliphatic carboxylic acids is 1. The quantitative estimate of drug-likeness (QED) is 0.369. The summed E-state index contributed by atoms with van der Waals surface area (Å²) in [6.45, 7) is 7.77. The van der Waals surface area contributed by atoms with Crippen molar-refractivity contribution in [2.75, 3.05) is 10.2 Å². The van der Waals surface area contributed by atoms with E-state index >= 15 is 0 Å². The van der Waals surface area contributed by atoms with Gasteiger partial charge >= 0.3 is 5.97 Å². The zero-order valence-electron chi connectivity index (χ0n) is 17.5. The maximum atomic E-state index is 11.9. The van der Waals surface area contributed by atoms with Gasteiger partial charge in [0.15, 0.2) is 0 Å². The fourth-order valence-electron chi connectivity index (χ4n) is 3.52. The number of nitrogens with one attached hydrogen (secondary N) is 2. The van der Waals surface area contributed by atoms with E-state index in [1.54, 1.807) is 11.6 Å². The molecule has 8 nitrogen and oxygen atoms in total. The molecule has 0 amide bonds. The first-order valence-corrected chi connectivity index (χ1v) is 10.2. The van der Waals surface area contributed by atoms with Gasteiger partial charge in [-0.1, -0.05) is 41.0 Å². The van der Waals surface area contributed by atoms with E-state index in [2.05, 4.69) is 26.9 Å². The lowest BCUT2D eigenvalue weighted by atomic mass is 10.1. The molecule has 3 rings (SSSR count). The highest BCUT2D eigenvalue weighted by Crippen LogP contribution is 2.28. The van der Waals surface area contributed by atoms with E-state index in [-0.39, 0.29) is 6.17 Å². The second kappa shape index (κ2) is 9.08. The molecule has 2 aromatic carbocycles. The van der Waals surface area contributed by atoms with Gasteiger partial charge in [0.05, 0.1) is 11.9 Å². The summed E-state index contributed by atoms with van der Waals surface area (Å²) >= 11 is 5.18. The summed E-state index contributed by atoms with van der Waals surface area (Å²) in [4.78, 5) is 13.8. The summed E-state index contributed by atoms with van der Waals surface area (Å²) in [6, 6.07) is 13.0. The lowest BCUT2D eigenvalue weighted by Crippen LogP contribution is -2.49. The number of carbonyl (C=O) groups is 1. The van der Waals surface area contributed by atoms with Crippen LogP contribution in [0, 0.1) is 18.6 Å². The Hall–Kier alpha value is -3.20. The topological polar surface area (TPSA) is 99.1 Å². The van der Waals surface area contributed by atoms with Gasteiger partial charge in [0, 0.05) is 11.4 Å². The van der Waals surface area contributed by atoms with Gasteiger partial charge in [-0.15, -0.1) is 0 Å². The van der Waals surface area contributed by atoms with Gasteiger partial charge in [-0.2, -0.15) is 5.21 Å². The first-order chi connectivity index (χ1) is 14.3. The predicted octanol–water partition coefficient (Wildman–Crippen LogP) is 4.07. The molecule has 158 valence electrons. The van der Waals surface area contributed by atoms with Gasteiger partial charge in [0.25, 0.3) is 0 Å². The Morgan fingerprint density at radius 2 is 2.07 bits per heavy atom. The van der Waals surface area contributed by atoms with Gasteiger partial charge in [0.2, 0.25) is 4.77 Å². The Bertz CT molecular complexity index is 1090. The third-order valence-corrected chi connectivity index (χ3v) is 5.30. The number of aryl methyl sites for hydroxylation is 2. The monoisotopic (exact) mass is 426 g/mol. The number of aromatic amines is 1. The molecule has 0 aliphatic heterocycles. The number of tetrazole rings is 1. The highest BCUT2D eigenvalue weighted by molar-refractivity contribution is 7.71. The minimum absolute atomic E-state index is 0.236. The molecule has 0 saturated carbocycles. The smallest absolute Gasteiger partial charge is 0.326 e. The van der Waals surface area contributed by atoms with Crippen LogP contribution in [-0.4, -0.2) is 43.5 Å². The SMILES string of the molecule is CCC(Nc1cccc(-n2[nH]nnc2=S)c1)N(c1ccc(C)cc1C)C(C)C(=O)O. The number of carboxylic acid groups (broad SMARTS) is 1. The van der Waals surface area contributed by atoms with Crippen LogP contribution < -0.4 is 10.2 Å². The molecular formula is C21H26N6O2S. The summed E-state index contributed by atoms with van der Waals surface area (Å²) in [7, 11) is 0. The van der Waals surface area contributed by atoms with Crippen molar-refractivity contribution in [3.8, 4) is 5.69 Å². The third-order valence-electron chi connectivity index (χ3n) is 5.04. The van der Waals surface area contributed by atoms with E-state index in [4.69, 9.17) is 12.2 Å². The number of hydrogen-bond donors (Lipinski definition) is 3. The van der Waals surface area contributed by atoms with Crippen molar-refractivity contribution in [3.63, 3.8) is 0 Å². The van der Waals surface area contributed by atoms with Crippen molar-refractivity contribution in [2.45, 2.75) is 46.3 Å². The summed E-state index contributed by atoms with van der Waals surface area (Å²) in [5.74, 6) is -0.876.